The molecule has 2 unspecified atom stereocenters. The molecule has 0 bridgehead atoms. The summed E-state index contributed by atoms with van der Waals surface area (Å²) < 4.78 is 11.6. The molecule has 2 aromatic carbocycles. The van der Waals surface area contributed by atoms with Gasteiger partial charge in [0.15, 0.2) is 0 Å². The van der Waals surface area contributed by atoms with Crippen LogP contribution in [-0.2, 0) is 17.8 Å². The molecule has 0 aromatic heterocycles. The van der Waals surface area contributed by atoms with Crippen molar-refractivity contribution in [1.29, 1.82) is 0 Å². The molecule has 5 heteroatoms. The first-order valence-electron chi connectivity index (χ1n) is 10.4. The second-order valence-electron chi connectivity index (χ2n) is 8.11. The molecule has 29 heavy (non-hydrogen) atoms. The minimum atomic E-state index is -0.0792. The van der Waals surface area contributed by atoms with Crippen molar-refractivity contribution >= 4 is 5.91 Å². The van der Waals surface area contributed by atoms with Gasteiger partial charge in [0, 0.05) is 37.3 Å². The molecule has 1 saturated heterocycles. The third kappa shape index (κ3) is 6.31. The number of carbonyl (C=O) groups is 1. The maximum atomic E-state index is 12.6. The van der Waals surface area contributed by atoms with Crippen molar-refractivity contribution in [3.05, 3.63) is 65.2 Å². The summed E-state index contributed by atoms with van der Waals surface area (Å²) in [4.78, 5) is 15.0. The van der Waals surface area contributed by atoms with Crippen LogP contribution in [0.3, 0.4) is 0 Å². The molecule has 1 aliphatic heterocycles. The highest BCUT2D eigenvalue weighted by Gasteiger charge is 2.22. The molecule has 1 N–H and O–H groups in total. The van der Waals surface area contributed by atoms with E-state index in [-0.39, 0.29) is 24.2 Å². The van der Waals surface area contributed by atoms with Gasteiger partial charge in [-0.25, -0.2) is 0 Å². The number of morpholine rings is 1. The number of rotatable bonds is 7. The summed E-state index contributed by atoms with van der Waals surface area (Å²) in [6.07, 6.45) is 0.606. The maximum absolute atomic E-state index is 12.6. The molecule has 5 nitrogen and oxygen atoms in total. The molecule has 1 heterocycles. The van der Waals surface area contributed by atoms with Gasteiger partial charge in [0.25, 0.3) is 5.91 Å². The number of para-hydroxylation sites is 1. The molecule has 2 aromatic rings. The largest absolute Gasteiger partial charge is 0.491 e. The molecule has 0 spiro atoms. The summed E-state index contributed by atoms with van der Waals surface area (Å²) in [5, 5.41) is 3.00. The fraction of sp³-hybridized carbons (Fsp3) is 0.458. The number of nitrogens with zero attached hydrogens (tertiary/aromatic N) is 1. The van der Waals surface area contributed by atoms with Crippen molar-refractivity contribution in [2.24, 2.45) is 0 Å². The van der Waals surface area contributed by atoms with E-state index in [1.165, 1.54) is 5.56 Å². The average Bonchev–Trinajstić information content (AvgIpc) is 2.66. The van der Waals surface area contributed by atoms with Crippen LogP contribution in [0.1, 0.15) is 49.2 Å². The highest BCUT2D eigenvalue weighted by Crippen LogP contribution is 2.19. The summed E-state index contributed by atoms with van der Waals surface area (Å²) in [5.41, 5.74) is 2.85. The van der Waals surface area contributed by atoms with Gasteiger partial charge in [0.2, 0.25) is 0 Å². The van der Waals surface area contributed by atoms with Gasteiger partial charge in [-0.05, 0) is 51.5 Å². The third-order valence-corrected chi connectivity index (χ3v) is 4.89. The molecule has 0 saturated carbocycles. The summed E-state index contributed by atoms with van der Waals surface area (Å²) in [5.74, 6) is 0.733. The molecule has 1 fully saturated rings. The van der Waals surface area contributed by atoms with E-state index in [9.17, 15) is 4.79 Å². The average molecular weight is 397 g/mol. The lowest BCUT2D eigenvalue weighted by atomic mass is 10.1. The molecule has 3 rings (SSSR count). The van der Waals surface area contributed by atoms with Crippen LogP contribution in [-0.4, -0.2) is 42.2 Å². The van der Waals surface area contributed by atoms with Gasteiger partial charge in [-0.2, -0.15) is 0 Å². The molecule has 2 atom stereocenters. The molecule has 0 radical (unpaired) electrons. The SMILES string of the molecule is CC(C)Oc1ccccc1CNC(=O)c1ccc(CN2CC(C)OC(C)C2)cc1. The summed E-state index contributed by atoms with van der Waals surface area (Å²) >= 11 is 0. The fourth-order valence-corrected chi connectivity index (χ4v) is 3.73. The molecule has 156 valence electrons. The van der Waals surface area contributed by atoms with Crippen molar-refractivity contribution in [1.82, 2.24) is 10.2 Å². The standard InChI is InChI=1S/C24H32N2O3/c1-17(2)28-23-8-6-5-7-22(23)13-25-24(27)21-11-9-20(10-12-21)16-26-14-18(3)29-19(4)15-26/h5-12,17-19H,13-16H2,1-4H3,(H,25,27). The van der Waals surface area contributed by atoms with Crippen LogP contribution < -0.4 is 10.1 Å². The van der Waals surface area contributed by atoms with Crippen molar-refractivity contribution in [2.75, 3.05) is 13.1 Å². The number of nitrogens with one attached hydrogen (secondary N) is 1. The zero-order chi connectivity index (χ0) is 20.8. The van der Waals surface area contributed by atoms with Crippen LogP contribution in [0.5, 0.6) is 5.75 Å². The third-order valence-electron chi connectivity index (χ3n) is 4.89. The van der Waals surface area contributed by atoms with E-state index < -0.39 is 0 Å². The van der Waals surface area contributed by atoms with Crippen LogP contribution in [0.25, 0.3) is 0 Å². The van der Waals surface area contributed by atoms with Crippen LogP contribution in [0.4, 0.5) is 0 Å². The Morgan fingerprint density at radius 2 is 1.76 bits per heavy atom. The minimum Gasteiger partial charge on any atom is -0.491 e. The normalized spacial score (nSPS) is 19.9. The second kappa shape index (κ2) is 9.90. The molecule has 1 aliphatic rings. The zero-order valence-corrected chi connectivity index (χ0v) is 17.9. The van der Waals surface area contributed by atoms with Crippen molar-refractivity contribution < 1.29 is 14.3 Å². The van der Waals surface area contributed by atoms with Gasteiger partial charge in [0.05, 0.1) is 18.3 Å². The summed E-state index contributed by atoms with van der Waals surface area (Å²) in [6, 6.07) is 15.7. The number of amides is 1. The first-order valence-corrected chi connectivity index (χ1v) is 10.4. The fourth-order valence-electron chi connectivity index (χ4n) is 3.73. The maximum Gasteiger partial charge on any atom is 0.251 e. The van der Waals surface area contributed by atoms with E-state index in [2.05, 4.69) is 24.1 Å². The van der Waals surface area contributed by atoms with Gasteiger partial charge in [-0.15, -0.1) is 0 Å². The van der Waals surface area contributed by atoms with Gasteiger partial charge in [-0.1, -0.05) is 30.3 Å². The highest BCUT2D eigenvalue weighted by molar-refractivity contribution is 5.94. The van der Waals surface area contributed by atoms with Crippen molar-refractivity contribution in [3.63, 3.8) is 0 Å². The van der Waals surface area contributed by atoms with E-state index in [0.717, 1.165) is 30.9 Å². The Balaban J connectivity index is 1.56. The lowest BCUT2D eigenvalue weighted by Gasteiger charge is -2.35. The minimum absolute atomic E-state index is 0.0792. The van der Waals surface area contributed by atoms with Gasteiger partial charge >= 0.3 is 0 Å². The molecular formula is C24H32N2O3. The van der Waals surface area contributed by atoms with E-state index in [1.54, 1.807) is 0 Å². The Hall–Kier alpha value is -2.37. The van der Waals surface area contributed by atoms with Gasteiger partial charge in [-0.3, -0.25) is 9.69 Å². The monoisotopic (exact) mass is 396 g/mol. The number of carbonyl (C=O) groups excluding carboxylic acids is 1. The topological polar surface area (TPSA) is 50.8 Å². The Morgan fingerprint density at radius 3 is 2.41 bits per heavy atom. The lowest BCUT2D eigenvalue weighted by molar-refractivity contribution is -0.0704. The number of hydrogen-bond acceptors (Lipinski definition) is 4. The van der Waals surface area contributed by atoms with E-state index in [1.807, 2.05) is 62.4 Å². The van der Waals surface area contributed by atoms with Crippen LogP contribution >= 0.6 is 0 Å². The Labute approximate surface area is 174 Å². The Bertz CT molecular complexity index is 794. The van der Waals surface area contributed by atoms with Crippen LogP contribution in [0.15, 0.2) is 48.5 Å². The first-order chi connectivity index (χ1) is 13.9. The van der Waals surface area contributed by atoms with E-state index in [4.69, 9.17) is 9.47 Å². The molecule has 0 aliphatic carbocycles. The second-order valence-corrected chi connectivity index (χ2v) is 8.11. The number of benzene rings is 2. The number of hydrogen-bond donors (Lipinski definition) is 1. The van der Waals surface area contributed by atoms with Gasteiger partial charge < -0.3 is 14.8 Å². The quantitative estimate of drug-likeness (QED) is 0.768. The van der Waals surface area contributed by atoms with Crippen LogP contribution in [0.2, 0.25) is 0 Å². The highest BCUT2D eigenvalue weighted by atomic mass is 16.5. The van der Waals surface area contributed by atoms with E-state index >= 15 is 0 Å². The zero-order valence-electron chi connectivity index (χ0n) is 17.9. The first kappa shape index (κ1) is 21.3. The Kier molecular flexibility index (Phi) is 7.29. The molecule has 1 amide bonds. The van der Waals surface area contributed by atoms with Gasteiger partial charge in [0.1, 0.15) is 5.75 Å². The molecular weight excluding hydrogens is 364 g/mol. The summed E-state index contributed by atoms with van der Waals surface area (Å²) in [7, 11) is 0. The lowest BCUT2D eigenvalue weighted by Crippen LogP contribution is -2.44. The van der Waals surface area contributed by atoms with E-state index in [0.29, 0.717) is 12.1 Å². The van der Waals surface area contributed by atoms with Crippen LogP contribution in [0, 0.1) is 0 Å². The predicted octanol–water partition coefficient (Wildman–Crippen LogP) is 4.01. The summed E-state index contributed by atoms with van der Waals surface area (Å²) in [6.45, 7) is 11.4. The Morgan fingerprint density at radius 1 is 1.10 bits per heavy atom. The van der Waals surface area contributed by atoms with Crippen molar-refractivity contribution in [2.45, 2.75) is 59.1 Å². The predicted molar refractivity (Wildman–Crippen MR) is 115 cm³/mol. The number of ether oxygens (including phenoxy) is 2. The smallest absolute Gasteiger partial charge is 0.251 e. The van der Waals surface area contributed by atoms with Crippen molar-refractivity contribution in [3.8, 4) is 5.75 Å².